The van der Waals surface area contributed by atoms with Crippen LogP contribution in [-0.2, 0) is 11.2 Å². The zero-order chi connectivity index (χ0) is 16.5. The van der Waals surface area contributed by atoms with E-state index in [0.717, 1.165) is 49.0 Å². The van der Waals surface area contributed by atoms with E-state index < -0.39 is 0 Å². The third kappa shape index (κ3) is 3.07. The number of thioether (sulfide) groups is 1. The molecule has 0 unspecified atom stereocenters. The molecule has 2 saturated heterocycles. The molecule has 0 spiro atoms. The second kappa shape index (κ2) is 6.81. The summed E-state index contributed by atoms with van der Waals surface area (Å²) >= 11 is 2.06. The Bertz CT molecular complexity index is 727. The van der Waals surface area contributed by atoms with Crippen LogP contribution in [0.25, 0.3) is 10.9 Å². The number of aryl methyl sites for hydroxylation is 1. The molecule has 4 rings (SSSR count). The molecule has 2 aliphatic heterocycles. The van der Waals surface area contributed by atoms with Crippen LogP contribution in [0.5, 0.6) is 0 Å². The molecule has 2 aromatic rings. The number of carbonyl (C=O) groups is 1. The van der Waals surface area contributed by atoms with Crippen LogP contribution < -0.4 is 0 Å². The van der Waals surface area contributed by atoms with Crippen molar-refractivity contribution in [2.24, 2.45) is 0 Å². The first-order chi connectivity index (χ1) is 11.7. The van der Waals surface area contributed by atoms with Gasteiger partial charge in [-0.2, -0.15) is 11.8 Å². The fourth-order valence-electron chi connectivity index (χ4n) is 3.97. The third-order valence-corrected chi connectivity index (χ3v) is 6.59. The van der Waals surface area contributed by atoms with Crippen molar-refractivity contribution in [2.75, 3.05) is 37.7 Å². The van der Waals surface area contributed by atoms with E-state index in [9.17, 15) is 4.79 Å². The van der Waals surface area contributed by atoms with Gasteiger partial charge in [0.25, 0.3) is 0 Å². The Morgan fingerprint density at radius 1 is 1.25 bits per heavy atom. The maximum absolute atomic E-state index is 12.8. The number of hydrogen-bond acceptors (Lipinski definition) is 3. The molecule has 24 heavy (non-hydrogen) atoms. The van der Waals surface area contributed by atoms with Crippen molar-refractivity contribution in [3.8, 4) is 0 Å². The van der Waals surface area contributed by atoms with Crippen molar-refractivity contribution >= 4 is 28.6 Å². The highest BCUT2D eigenvalue weighted by Crippen LogP contribution is 2.25. The number of nitrogens with one attached hydrogen (secondary N) is 1. The van der Waals surface area contributed by atoms with Gasteiger partial charge in [0.1, 0.15) is 0 Å². The molecule has 0 saturated carbocycles. The quantitative estimate of drug-likeness (QED) is 0.931. The van der Waals surface area contributed by atoms with Gasteiger partial charge in [-0.3, -0.25) is 9.69 Å². The largest absolute Gasteiger partial charge is 0.358 e. The first kappa shape index (κ1) is 16.0. The number of nitrogens with zero attached hydrogens (tertiary/aromatic N) is 2. The molecule has 2 aliphatic rings. The zero-order valence-corrected chi connectivity index (χ0v) is 15.1. The van der Waals surface area contributed by atoms with Crippen LogP contribution in [0.3, 0.4) is 0 Å². The van der Waals surface area contributed by atoms with Crippen LogP contribution in [0.1, 0.15) is 17.7 Å². The second-order valence-corrected chi connectivity index (χ2v) is 8.03. The van der Waals surface area contributed by atoms with Crippen LogP contribution in [0.4, 0.5) is 0 Å². The van der Waals surface area contributed by atoms with Crippen molar-refractivity contribution in [1.82, 2.24) is 14.8 Å². The van der Waals surface area contributed by atoms with E-state index in [1.165, 1.54) is 23.3 Å². The van der Waals surface area contributed by atoms with Gasteiger partial charge in [-0.1, -0.05) is 18.2 Å². The third-order valence-electron chi connectivity index (χ3n) is 5.44. The van der Waals surface area contributed by atoms with E-state index in [1.54, 1.807) is 0 Å². The predicted octanol–water partition coefficient (Wildman–Crippen LogP) is 2.67. The molecule has 128 valence electrons. The van der Waals surface area contributed by atoms with Gasteiger partial charge in [0.15, 0.2) is 0 Å². The van der Waals surface area contributed by atoms with Crippen LogP contribution in [0, 0.1) is 6.92 Å². The summed E-state index contributed by atoms with van der Waals surface area (Å²) in [5, 5.41) is 1.19. The van der Waals surface area contributed by atoms with Gasteiger partial charge < -0.3 is 9.88 Å². The SMILES string of the molecule is Cc1[nH]c2ccccc2c1CC(=O)N1CCN([C@@H]2CCSC2)CC1. The summed E-state index contributed by atoms with van der Waals surface area (Å²) in [5.74, 6) is 2.83. The van der Waals surface area contributed by atoms with Crippen molar-refractivity contribution in [3.05, 3.63) is 35.5 Å². The van der Waals surface area contributed by atoms with Crippen molar-refractivity contribution in [3.63, 3.8) is 0 Å². The number of piperazine rings is 1. The van der Waals surface area contributed by atoms with Crippen LogP contribution >= 0.6 is 11.8 Å². The van der Waals surface area contributed by atoms with Gasteiger partial charge in [0.2, 0.25) is 5.91 Å². The number of rotatable bonds is 3. The smallest absolute Gasteiger partial charge is 0.227 e. The summed E-state index contributed by atoms with van der Waals surface area (Å²) in [5.41, 5.74) is 3.40. The molecule has 1 amide bonds. The lowest BCUT2D eigenvalue weighted by Crippen LogP contribution is -2.52. The highest BCUT2D eigenvalue weighted by molar-refractivity contribution is 7.99. The highest BCUT2D eigenvalue weighted by Gasteiger charge is 2.28. The van der Waals surface area contributed by atoms with E-state index >= 15 is 0 Å². The Kier molecular flexibility index (Phi) is 4.55. The number of aromatic nitrogens is 1. The zero-order valence-electron chi connectivity index (χ0n) is 14.3. The normalized spacial score (nSPS) is 22.4. The Morgan fingerprint density at radius 2 is 2.04 bits per heavy atom. The fraction of sp³-hybridized carbons (Fsp3) is 0.526. The van der Waals surface area contributed by atoms with Gasteiger partial charge >= 0.3 is 0 Å². The minimum absolute atomic E-state index is 0.267. The number of carbonyl (C=O) groups excluding carboxylic acids is 1. The lowest BCUT2D eigenvalue weighted by Gasteiger charge is -2.37. The minimum Gasteiger partial charge on any atom is -0.358 e. The summed E-state index contributed by atoms with van der Waals surface area (Å²) in [7, 11) is 0. The molecule has 0 aliphatic carbocycles. The molecular formula is C19H25N3OS. The maximum atomic E-state index is 12.8. The van der Waals surface area contributed by atoms with E-state index in [-0.39, 0.29) is 5.91 Å². The number of benzene rings is 1. The molecule has 1 aromatic heterocycles. The van der Waals surface area contributed by atoms with E-state index in [4.69, 9.17) is 0 Å². The standard InChI is InChI=1S/C19H25N3OS/c1-14-17(16-4-2-3-5-18(16)20-14)12-19(23)22-9-7-21(8-10-22)15-6-11-24-13-15/h2-5,15,20H,6-13H2,1H3/t15-/m1/s1. The van der Waals surface area contributed by atoms with Gasteiger partial charge in [-0.15, -0.1) is 0 Å². The van der Waals surface area contributed by atoms with Gasteiger partial charge in [0.05, 0.1) is 6.42 Å². The topological polar surface area (TPSA) is 39.3 Å². The summed E-state index contributed by atoms with van der Waals surface area (Å²) in [6.45, 7) is 5.88. The average molecular weight is 343 g/mol. The number of H-pyrrole nitrogens is 1. The number of amides is 1. The maximum Gasteiger partial charge on any atom is 0.227 e. The van der Waals surface area contributed by atoms with E-state index in [1.807, 2.05) is 12.1 Å². The molecule has 1 N–H and O–H groups in total. The molecule has 1 atom stereocenters. The molecule has 0 bridgehead atoms. The Morgan fingerprint density at radius 3 is 2.79 bits per heavy atom. The van der Waals surface area contributed by atoms with Crippen LogP contribution in [0.15, 0.2) is 24.3 Å². The van der Waals surface area contributed by atoms with Gasteiger partial charge in [0, 0.05) is 54.6 Å². The van der Waals surface area contributed by atoms with E-state index in [0.29, 0.717) is 6.42 Å². The second-order valence-electron chi connectivity index (χ2n) is 6.89. The summed E-state index contributed by atoms with van der Waals surface area (Å²) in [6, 6.07) is 9.00. The fourth-order valence-corrected chi connectivity index (χ4v) is 5.23. The monoisotopic (exact) mass is 343 g/mol. The Hall–Kier alpha value is -1.46. The first-order valence-corrected chi connectivity index (χ1v) is 10.0. The molecular weight excluding hydrogens is 318 g/mol. The molecule has 0 radical (unpaired) electrons. The first-order valence-electron chi connectivity index (χ1n) is 8.88. The highest BCUT2D eigenvalue weighted by atomic mass is 32.2. The molecule has 3 heterocycles. The summed E-state index contributed by atoms with van der Waals surface area (Å²) in [4.78, 5) is 20.8. The van der Waals surface area contributed by atoms with Crippen molar-refractivity contribution in [1.29, 1.82) is 0 Å². The summed E-state index contributed by atoms with van der Waals surface area (Å²) < 4.78 is 0. The molecule has 1 aromatic carbocycles. The Labute approximate surface area is 147 Å². The van der Waals surface area contributed by atoms with Gasteiger partial charge in [-0.05, 0) is 30.7 Å². The number of hydrogen-bond donors (Lipinski definition) is 1. The molecule has 4 nitrogen and oxygen atoms in total. The van der Waals surface area contributed by atoms with Crippen LogP contribution in [0.2, 0.25) is 0 Å². The number of fused-ring (bicyclic) bond motifs is 1. The average Bonchev–Trinajstić information content (AvgIpc) is 3.24. The van der Waals surface area contributed by atoms with Crippen LogP contribution in [-0.4, -0.2) is 64.4 Å². The Balaban J connectivity index is 1.40. The minimum atomic E-state index is 0.267. The van der Waals surface area contributed by atoms with E-state index in [2.05, 4.69) is 45.6 Å². The number of para-hydroxylation sites is 1. The van der Waals surface area contributed by atoms with Crippen molar-refractivity contribution < 1.29 is 4.79 Å². The predicted molar refractivity (Wildman–Crippen MR) is 101 cm³/mol. The number of aromatic amines is 1. The molecule has 5 heteroatoms. The lowest BCUT2D eigenvalue weighted by atomic mass is 10.1. The lowest BCUT2D eigenvalue weighted by molar-refractivity contribution is -0.132. The summed E-state index contributed by atoms with van der Waals surface area (Å²) in [6.07, 6.45) is 1.82. The van der Waals surface area contributed by atoms with Gasteiger partial charge in [-0.25, -0.2) is 0 Å². The molecule has 2 fully saturated rings. The van der Waals surface area contributed by atoms with Crippen molar-refractivity contribution in [2.45, 2.75) is 25.8 Å².